The zero-order valence-corrected chi connectivity index (χ0v) is 18.2. The standard InChI is InChI=1S/C21H28Cl2N2O3/c1-21(2,3)28-20(27)24-12-5-4-9-18(24)19(26)25(14-10-11-14)13-15-16(22)7-6-8-17(15)23/h6-8,14,18H,4-5,9-13H2,1-3H3/t18-/m0/s1. The molecule has 1 aliphatic carbocycles. The van der Waals surface area contributed by atoms with Gasteiger partial charge < -0.3 is 9.64 Å². The minimum Gasteiger partial charge on any atom is -0.444 e. The van der Waals surface area contributed by atoms with E-state index in [4.69, 9.17) is 27.9 Å². The second-order valence-corrected chi connectivity index (χ2v) is 9.40. The van der Waals surface area contributed by atoms with Crippen LogP contribution in [-0.4, -0.2) is 46.0 Å². The van der Waals surface area contributed by atoms with E-state index >= 15 is 0 Å². The van der Waals surface area contributed by atoms with E-state index in [0.717, 1.165) is 31.2 Å². The van der Waals surface area contributed by atoms with Gasteiger partial charge in [0.1, 0.15) is 11.6 Å². The van der Waals surface area contributed by atoms with Gasteiger partial charge in [-0.1, -0.05) is 29.3 Å². The van der Waals surface area contributed by atoms with Crippen LogP contribution in [0.5, 0.6) is 0 Å². The van der Waals surface area contributed by atoms with Gasteiger partial charge in [0.25, 0.3) is 0 Å². The first kappa shape index (κ1) is 21.3. The molecule has 1 aliphatic heterocycles. The average Bonchev–Trinajstić information content (AvgIpc) is 3.44. The minimum atomic E-state index is -0.594. The maximum Gasteiger partial charge on any atom is 0.410 e. The van der Waals surface area contributed by atoms with E-state index in [0.29, 0.717) is 29.6 Å². The van der Waals surface area contributed by atoms with E-state index in [-0.39, 0.29) is 11.9 Å². The molecular weight excluding hydrogens is 399 g/mol. The van der Waals surface area contributed by atoms with Crippen molar-refractivity contribution in [1.82, 2.24) is 9.80 Å². The molecule has 1 saturated heterocycles. The molecule has 7 heteroatoms. The summed E-state index contributed by atoms with van der Waals surface area (Å²) in [7, 11) is 0. The number of ether oxygens (including phenoxy) is 1. The Hall–Kier alpha value is -1.46. The summed E-state index contributed by atoms with van der Waals surface area (Å²) >= 11 is 12.7. The first-order valence-electron chi connectivity index (χ1n) is 9.90. The third-order valence-electron chi connectivity index (χ3n) is 5.08. The molecule has 5 nitrogen and oxygen atoms in total. The van der Waals surface area contributed by atoms with Gasteiger partial charge in [-0.15, -0.1) is 0 Å². The van der Waals surface area contributed by atoms with Crippen molar-refractivity contribution >= 4 is 35.2 Å². The molecule has 2 aliphatic rings. The second-order valence-electron chi connectivity index (χ2n) is 8.58. The maximum absolute atomic E-state index is 13.5. The first-order chi connectivity index (χ1) is 13.2. The van der Waals surface area contributed by atoms with Gasteiger partial charge in [0, 0.05) is 34.7 Å². The molecule has 2 fully saturated rings. The molecule has 0 aromatic heterocycles. The molecule has 0 unspecified atom stereocenters. The molecule has 0 bridgehead atoms. The molecule has 0 radical (unpaired) electrons. The van der Waals surface area contributed by atoms with Gasteiger partial charge in [0.15, 0.2) is 0 Å². The molecule has 1 atom stereocenters. The summed E-state index contributed by atoms with van der Waals surface area (Å²) in [6.07, 6.45) is 3.96. The highest BCUT2D eigenvalue weighted by atomic mass is 35.5. The van der Waals surface area contributed by atoms with Gasteiger partial charge in [-0.3, -0.25) is 9.69 Å². The third kappa shape index (κ3) is 5.12. The highest BCUT2D eigenvalue weighted by molar-refractivity contribution is 6.36. The van der Waals surface area contributed by atoms with Crippen LogP contribution in [0.1, 0.15) is 58.4 Å². The summed E-state index contributed by atoms with van der Waals surface area (Å²) in [5.41, 5.74) is 0.161. The molecule has 28 heavy (non-hydrogen) atoms. The van der Waals surface area contributed by atoms with Crippen LogP contribution in [-0.2, 0) is 16.1 Å². The number of amides is 2. The third-order valence-corrected chi connectivity index (χ3v) is 5.78. The fourth-order valence-corrected chi connectivity index (χ4v) is 4.06. The number of likely N-dealkylation sites (tertiary alicyclic amines) is 1. The van der Waals surface area contributed by atoms with Crippen molar-refractivity contribution in [3.8, 4) is 0 Å². The Bertz CT molecular complexity index is 723. The molecule has 0 spiro atoms. The summed E-state index contributed by atoms with van der Waals surface area (Å²) < 4.78 is 5.54. The largest absolute Gasteiger partial charge is 0.444 e. The number of benzene rings is 1. The minimum absolute atomic E-state index is 0.0379. The Morgan fingerprint density at radius 1 is 1.14 bits per heavy atom. The summed E-state index contributed by atoms with van der Waals surface area (Å²) in [6, 6.07) is 5.05. The highest BCUT2D eigenvalue weighted by Crippen LogP contribution is 2.34. The van der Waals surface area contributed by atoms with E-state index < -0.39 is 17.7 Å². The highest BCUT2D eigenvalue weighted by Gasteiger charge is 2.41. The quantitative estimate of drug-likeness (QED) is 0.658. The maximum atomic E-state index is 13.5. The average molecular weight is 427 g/mol. The van der Waals surface area contributed by atoms with Crippen LogP contribution >= 0.6 is 23.2 Å². The van der Waals surface area contributed by atoms with E-state index in [1.165, 1.54) is 0 Å². The molecule has 3 rings (SSSR count). The van der Waals surface area contributed by atoms with Crippen molar-refractivity contribution in [1.29, 1.82) is 0 Å². The predicted octanol–water partition coefficient (Wildman–Crippen LogP) is 5.27. The number of piperidine rings is 1. The lowest BCUT2D eigenvalue weighted by Gasteiger charge is -2.38. The lowest BCUT2D eigenvalue weighted by Crippen LogP contribution is -2.54. The van der Waals surface area contributed by atoms with Crippen LogP contribution in [0.15, 0.2) is 18.2 Å². The Balaban J connectivity index is 1.80. The van der Waals surface area contributed by atoms with E-state index in [9.17, 15) is 9.59 Å². The summed E-state index contributed by atoms with van der Waals surface area (Å²) in [5, 5.41) is 1.11. The van der Waals surface area contributed by atoms with Crippen LogP contribution in [0.2, 0.25) is 10.0 Å². The SMILES string of the molecule is CC(C)(C)OC(=O)N1CCCC[C@H]1C(=O)N(Cc1c(Cl)cccc1Cl)C1CC1. The van der Waals surface area contributed by atoms with Gasteiger partial charge in [0.2, 0.25) is 5.91 Å². The van der Waals surface area contributed by atoms with Crippen LogP contribution in [0.4, 0.5) is 4.79 Å². The van der Waals surface area contributed by atoms with Gasteiger partial charge in [-0.25, -0.2) is 4.79 Å². The van der Waals surface area contributed by atoms with Gasteiger partial charge in [0.05, 0.1) is 0 Å². The van der Waals surface area contributed by atoms with Gasteiger partial charge >= 0.3 is 6.09 Å². The summed E-state index contributed by atoms with van der Waals surface area (Å²) in [5.74, 6) is -0.0379. The molecule has 2 amide bonds. The number of nitrogens with zero attached hydrogens (tertiary/aromatic N) is 2. The topological polar surface area (TPSA) is 49.9 Å². The number of hydrogen-bond donors (Lipinski definition) is 0. The van der Waals surface area contributed by atoms with Crippen molar-refractivity contribution in [2.75, 3.05) is 6.54 Å². The molecule has 1 saturated carbocycles. The Morgan fingerprint density at radius 2 is 1.79 bits per heavy atom. The van der Waals surface area contributed by atoms with E-state index in [1.54, 1.807) is 23.1 Å². The lowest BCUT2D eigenvalue weighted by molar-refractivity contribution is -0.139. The molecule has 154 valence electrons. The Morgan fingerprint density at radius 3 is 2.36 bits per heavy atom. The normalized spacial score (nSPS) is 20.0. The van der Waals surface area contributed by atoms with Crippen LogP contribution < -0.4 is 0 Å². The summed E-state index contributed by atoms with van der Waals surface area (Å²) in [4.78, 5) is 29.6. The molecule has 1 heterocycles. The Labute approximate surface area is 176 Å². The zero-order valence-electron chi connectivity index (χ0n) is 16.7. The monoisotopic (exact) mass is 426 g/mol. The van der Waals surface area contributed by atoms with Crippen LogP contribution in [0, 0.1) is 0 Å². The second kappa shape index (κ2) is 8.50. The van der Waals surface area contributed by atoms with E-state index in [2.05, 4.69) is 0 Å². The summed E-state index contributed by atoms with van der Waals surface area (Å²) in [6.45, 7) is 6.40. The van der Waals surface area contributed by atoms with Crippen molar-refractivity contribution in [2.24, 2.45) is 0 Å². The lowest BCUT2D eigenvalue weighted by atomic mass is 10.0. The smallest absolute Gasteiger partial charge is 0.410 e. The van der Waals surface area contributed by atoms with Crippen molar-refractivity contribution < 1.29 is 14.3 Å². The van der Waals surface area contributed by atoms with Crippen LogP contribution in [0.25, 0.3) is 0 Å². The number of rotatable bonds is 4. The van der Waals surface area contributed by atoms with Crippen molar-refractivity contribution in [2.45, 2.75) is 77.1 Å². The molecular formula is C21H28Cl2N2O3. The Kier molecular flexibility index (Phi) is 6.45. The number of hydrogen-bond acceptors (Lipinski definition) is 3. The number of halogens is 2. The van der Waals surface area contributed by atoms with Crippen LogP contribution in [0.3, 0.4) is 0 Å². The molecule has 0 N–H and O–H groups in total. The predicted molar refractivity (Wildman–Crippen MR) is 111 cm³/mol. The molecule has 1 aromatic carbocycles. The zero-order chi connectivity index (χ0) is 20.5. The van der Waals surface area contributed by atoms with Crippen molar-refractivity contribution in [3.05, 3.63) is 33.8 Å². The number of carbonyl (C=O) groups is 2. The van der Waals surface area contributed by atoms with Gasteiger partial charge in [-0.2, -0.15) is 0 Å². The number of carbonyl (C=O) groups excluding carboxylic acids is 2. The van der Waals surface area contributed by atoms with Crippen molar-refractivity contribution in [3.63, 3.8) is 0 Å². The molecule has 1 aromatic rings. The fourth-order valence-electron chi connectivity index (χ4n) is 3.55. The van der Waals surface area contributed by atoms with Gasteiger partial charge in [-0.05, 0) is 65.0 Å². The first-order valence-corrected chi connectivity index (χ1v) is 10.7. The van der Waals surface area contributed by atoms with E-state index in [1.807, 2.05) is 25.7 Å². The fraction of sp³-hybridized carbons (Fsp3) is 0.619.